The summed E-state index contributed by atoms with van der Waals surface area (Å²) in [5.41, 5.74) is 1.26. The Balaban J connectivity index is 1.58. The number of rotatable bonds is 4. The number of hydrogen-bond acceptors (Lipinski definition) is 3. The van der Waals surface area contributed by atoms with Gasteiger partial charge >= 0.3 is 0 Å². The number of hydrogen-bond donors (Lipinski definition) is 0. The molecule has 2 aliphatic heterocycles. The molecular formula is C17H26N2OS. The average molecular weight is 306 g/mol. The topological polar surface area (TPSA) is 33.2 Å². The summed E-state index contributed by atoms with van der Waals surface area (Å²) in [5.74, 6) is 2.34. The molecule has 1 amide bonds. The van der Waals surface area contributed by atoms with Crippen LogP contribution in [0.2, 0.25) is 0 Å². The van der Waals surface area contributed by atoms with Crippen LogP contribution in [-0.4, -0.2) is 28.4 Å². The minimum absolute atomic E-state index is 0.382. The number of amides is 1. The highest BCUT2D eigenvalue weighted by molar-refractivity contribution is 7.09. The summed E-state index contributed by atoms with van der Waals surface area (Å²) in [6, 6.07) is 0.528. The lowest BCUT2D eigenvalue weighted by Crippen LogP contribution is -2.42. The van der Waals surface area contributed by atoms with E-state index in [1.165, 1.54) is 23.5 Å². The maximum absolute atomic E-state index is 11.8. The van der Waals surface area contributed by atoms with E-state index in [-0.39, 0.29) is 0 Å². The van der Waals surface area contributed by atoms with Crippen LogP contribution in [0.15, 0.2) is 5.38 Å². The van der Waals surface area contributed by atoms with Crippen molar-refractivity contribution in [3.63, 3.8) is 0 Å². The molecule has 3 nitrogen and oxygen atoms in total. The molecule has 0 saturated carbocycles. The summed E-state index contributed by atoms with van der Waals surface area (Å²) in [4.78, 5) is 18.7. The zero-order valence-electron chi connectivity index (χ0n) is 13.3. The normalized spacial score (nSPS) is 27.2. The summed E-state index contributed by atoms with van der Waals surface area (Å²) in [6.45, 7) is 7.76. The van der Waals surface area contributed by atoms with E-state index in [0.29, 0.717) is 23.8 Å². The Labute approximate surface area is 131 Å². The van der Waals surface area contributed by atoms with E-state index >= 15 is 0 Å². The van der Waals surface area contributed by atoms with E-state index in [9.17, 15) is 4.79 Å². The summed E-state index contributed by atoms with van der Waals surface area (Å²) in [5, 5.41) is 3.49. The molecule has 3 heterocycles. The lowest BCUT2D eigenvalue weighted by molar-refractivity contribution is -0.130. The second-order valence-electron chi connectivity index (χ2n) is 7.08. The van der Waals surface area contributed by atoms with Gasteiger partial charge in [-0.15, -0.1) is 11.3 Å². The van der Waals surface area contributed by atoms with Gasteiger partial charge in [-0.2, -0.15) is 0 Å². The van der Waals surface area contributed by atoms with Crippen LogP contribution in [0.5, 0.6) is 0 Å². The van der Waals surface area contributed by atoms with Crippen LogP contribution in [0, 0.1) is 11.8 Å². The van der Waals surface area contributed by atoms with Crippen LogP contribution in [0.4, 0.5) is 0 Å². The fourth-order valence-corrected chi connectivity index (χ4v) is 4.66. The zero-order valence-corrected chi connectivity index (χ0v) is 14.2. The van der Waals surface area contributed by atoms with E-state index in [4.69, 9.17) is 4.98 Å². The minimum atomic E-state index is 0.382. The van der Waals surface area contributed by atoms with Gasteiger partial charge < -0.3 is 4.90 Å². The van der Waals surface area contributed by atoms with Crippen molar-refractivity contribution in [3.05, 3.63) is 16.1 Å². The molecule has 0 aromatic carbocycles. The maximum Gasteiger partial charge on any atom is 0.222 e. The van der Waals surface area contributed by atoms with Crippen molar-refractivity contribution in [2.24, 2.45) is 11.8 Å². The van der Waals surface area contributed by atoms with Gasteiger partial charge in [0.15, 0.2) is 0 Å². The highest BCUT2D eigenvalue weighted by Crippen LogP contribution is 2.36. The minimum Gasteiger partial charge on any atom is -0.340 e. The second-order valence-corrected chi connectivity index (χ2v) is 7.97. The summed E-state index contributed by atoms with van der Waals surface area (Å²) >= 11 is 1.80. The smallest absolute Gasteiger partial charge is 0.222 e. The first-order valence-electron chi connectivity index (χ1n) is 8.28. The molecule has 0 spiro atoms. The molecule has 2 aliphatic rings. The molecule has 4 heteroatoms. The van der Waals surface area contributed by atoms with E-state index in [1.54, 1.807) is 11.3 Å². The highest BCUT2D eigenvalue weighted by atomic mass is 32.1. The van der Waals surface area contributed by atoms with Crippen molar-refractivity contribution in [3.8, 4) is 0 Å². The lowest BCUT2D eigenvalue weighted by atomic mass is 9.80. The summed E-state index contributed by atoms with van der Waals surface area (Å²) in [7, 11) is 0. The third-order valence-corrected chi connectivity index (χ3v) is 6.36. The number of carbonyl (C=O) groups is 1. The number of thiazole rings is 1. The highest BCUT2D eigenvalue weighted by Gasteiger charge is 2.37. The predicted molar refractivity (Wildman–Crippen MR) is 86.5 cm³/mol. The molecule has 21 heavy (non-hydrogen) atoms. The first kappa shape index (κ1) is 15.0. The Morgan fingerprint density at radius 3 is 2.90 bits per heavy atom. The SMILES string of the molecule is CC(C)c1nc(CC(C)C2CCN3C(=O)CCC3C2)cs1. The van der Waals surface area contributed by atoms with Gasteiger partial charge in [0, 0.05) is 30.3 Å². The van der Waals surface area contributed by atoms with Crippen molar-refractivity contribution in [2.75, 3.05) is 6.54 Å². The van der Waals surface area contributed by atoms with Crippen molar-refractivity contribution in [1.29, 1.82) is 0 Å². The van der Waals surface area contributed by atoms with Crippen LogP contribution in [0.3, 0.4) is 0 Å². The molecule has 116 valence electrons. The number of aromatic nitrogens is 1. The molecule has 0 bridgehead atoms. The Morgan fingerprint density at radius 2 is 2.19 bits per heavy atom. The van der Waals surface area contributed by atoms with E-state index in [2.05, 4.69) is 31.1 Å². The first-order valence-corrected chi connectivity index (χ1v) is 9.16. The Morgan fingerprint density at radius 1 is 1.38 bits per heavy atom. The standard InChI is InChI=1S/C17H26N2OS/c1-11(2)17-18-14(10-21-17)8-12(3)13-6-7-19-15(9-13)4-5-16(19)20/h10-13,15H,4-9H2,1-3H3. The molecule has 0 aliphatic carbocycles. The van der Waals surface area contributed by atoms with Crippen molar-refractivity contribution in [2.45, 2.75) is 64.8 Å². The van der Waals surface area contributed by atoms with Crippen LogP contribution < -0.4 is 0 Å². The molecule has 3 rings (SSSR count). The van der Waals surface area contributed by atoms with Gasteiger partial charge in [0.05, 0.1) is 10.7 Å². The quantitative estimate of drug-likeness (QED) is 0.846. The fraction of sp³-hybridized carbons (Fsp3) is 0.765. The van der Waals surface area contributed by atoms with Gasteiger partial charge in [-0.1, -0.05) is 20.8 Å². The van der Waals surface area contributed by atoms with Crippen LogP contribution in [0.25, 0.3) is 0 Å². The second kappa shape index (κ2) is 6.07. The molecule has 3 unspecified atom stereocenters. The number of fused-ring (bicyclic) bond motifs is 1. The predicted octanol–water partition coefficient (Wildman–Crippen LogP) is 3.85. The maximum atomic E-state index is 11.8. The van der Waals surface area contributed by atoms with E-state index in [0.717, 1.165) is 31.7 Å². The molecule has 1 aromatic heterocycles. The third kappa shape index (κ3) is 3.15. The fourth-order valence-electron chi connectivity index (χ4n) is 3.81. The van der Waals surface area contributed by atoms with Gasteiger partial charge in [-0.25, -0.2) is 4.98 Å². The van der Waals surface area contributed by atoms with Crippen LogP contribution in [-0.2, 0) is 11.2 Å². The molecule has 0 N–H and O–H groups in total. The van der Waals surface area contributed by atoms with Crippen molar-refractivity contribution in [1.82, 2.24) is 9.88 Å². The molecule has 2 fully saturated rings. The van der Waals surface area contributed by atoms with Gasteiger partial charge in [0.1, 0.15) is 0 Å². The summed E-state index contributed by atoms with van der Waals surface area (Å²) < 4.78 is 0. The lowest BCUT2D eigenvalue weighted by Gasteiger charge is -2.37. The third-order valence-electron chi connectivity index (χ3n) is 5.17. The van der Waals surface area contributed by atoms with Crippen LogP contribution in [0.1, 0.15) is 63.1 Å². The van der Waals surface area contributed by atoms with Crippen molar-refractivity contribution >= 4 is 17.2 Å². The Bertz CT molecular complexity index is 511. The summed E-state index contributed by atoms with van der Waals surface area (Å²) in [6.07, 6.45) is 5.32. The van der Waals surface area contributed by atoms with Crippen molar-refractivity contribution < 1.29 is 4.79 Å². The van der Waals surface area contributed by atoms with E-state index in [1.807, 2.05) is 0 Å². The molecule has 0 radical (unpaired) electrons. The first-order chi connectivity index (χ1) is 10.0. The van der Waals surface area contributed by atoms with Gasteiger partial charge in [0.25, 0.3) is 0 Å². The average Bonchev–Trinajstić information content (AvgIpc) is 3.06. The number of carbonyl (C=O) groups excluding carboxylic acids is 1. The van der Waals surface area contributed by atoms with E-state index < -0.39 is 0 Å². The number of piperidine rings is 1. The molecular weight excluding hydrogens is 280 g/mol. The largest absolute Gasteiger partial charge is 0.340 e. The van der Waals surface area contributed by atoms with Gasteiger partial charge in [-0.3, -0.25) is 4.79 Å². The van der Waals surface area contributed by atoms with Crippen LogP contribution >= 0.6 is 11.3 Å². The monoisotopic (exact) mass is 306 g/mol. The molecule has 1 aromatic rings. The number of nitrogens with zero attached hydrogens (tertiary/aromatic N) is 2. The Kier molecular flexibility index (Phi) is 4.34. The molecule has 2 saturated heterocycles. The van der Waals surface area contributed by atoms with Gasteiger partial charge in [0.2, 0.25) is 5.91 Å². The Hall–Kier alpha value is -0.900. The molecule has 3 atom stereocenters. The zero-order chi connectivity index (χ0) is 15.0. The van der Waals surface area contributed by atoms with Gasteiger partial charge in [-0.05, 0) is 37.5 Å².